The summed E-state index contributed by atoms with van der Waals surface area (Å²) in [5.41, 5.74) is 1.69. The van der Waals surface area contributed by atoms with E-state index in [1.54, 1.807) is 26.2 Å². The molecule has 1 heterocycles. The number of imidazole rings is 1. The minimum absolute atomic E-state index is 0.162. The summed E-state index contributed by atoms with van der Waals surface area (Å²) in [4.78, 5) is 4.77. The number of nitrogens with one attached hydrogen (secondary N) is 1. The van der Waals surface area contributed by atoms with Gasteiger partial charge in [0.15, 0.2) is 0 Å². The molecular weight excluding hydrogens is 374 g/mol. The number of aryl methyl sites for hydroxylation is 1. The number of ether oxygens (including phenoxy) is 1. The number of benzene rings is 2. The predicted molar refractivity (Wildman–Crippen MR) is 102 cm³/mol. The third-order valence-corrected chi connectivity index (χ3v) is 5.95. The summed E-state index contributed by atoms with van der Waals surface area (Å²) in [6, 6.07) is 11.1. The molecule has 0 radical (unpaired) electrons. The maximum atomic E-state index is 12.6. The van der Waals surface area contributed by atoms with Gasteiger partial charge in [-0.1, -0.05) is 11.6 Å². The Labute approximate surface area is 157 Å². The second kappa shape index (κ2) is 7.26. The lowest BCUT2D eigenvalue weighted by Crippen LogP contribution is -2.28. The van der Waals surface area contributed by atoms with E-state index in [-0.39, 0.29) is 4.90 Å². The predicted octanol–water partition coefficient (Wildman–Crippen LogP) is 3.76. The van der Waals surface area contributed by atoms with Crippen LogP contribution in [-0.4, -0.2) is 25.1 Å². The molecular formula is C18H20ClN3O3S. The van der Waals surface area contributed by atoms with E-state index in [9.17, 15) is 8.42 Å². The molecule has 3 aromatic rings. The number of nitrogens with zero attached hydrogens (tertiary/aromatic N) is 2. The molecule has 0 fully saturated rings. The molecule has 138 valence electrons. The van der Waals surface area contributed by atoms with Gasteiger partial charge in [-0.15, -0.1) is 0 Å². The van der Waals surface area contributed by atoms with Crippen LogP contribution in [-0.2, 0) is 16.6 Å². The second-order valence-electron chi connectivity index (χ2n) is 5.87. The minimum atomic E-state index is -3.69. The van der Waals surface area contributed by atoms with Gasteiger partial charge in [0, 0.05) is 17.6 Å². The van der Waals surface area contributed by atoms with Gasteiger partial charge in [-0.3, -0.25) is 0 Å². The van der Waals surface area contributed by atoms with Crippen molar-refractivity contribution in [3.05, 3.63) is 53.3 Å². The molecule has 8 heteroatoms. The van der Waals surface area contributed by atoms with Crippen LogP contribution < -0.4 is 9.46 Å². The molecule has 2 aromatic carbocycles. The summed E-state index contributed by atoms with van der Waals surface area (Å²) in [5, 5.41) is 0.485. The maximum Gasteiger partial charge on any atom is 0.241 e. The van der Waals surface area contributed by atoms with Gasteiger partial charge in [0.2, 0.25) is 10.0 Å². The van der Waals surface area contributed by atoms with Gasteiger partial charge >= 0.3 is 0 Å². The van der Waals surface area contributed by atoms with Gasteiger partial charge in [-0.2, -0.15) is 0 Å². The number of aromatic nitrogens is 2. The van der Waals surface area contributed by atoms with E-state index in [4.69, 9.17) is 16.3 Å². The van der Waals surface area contributed by atoms with Crippen LogP contribution in [0.25, 0.3) is 11.0 Å². The minimum Gasteiger partial charge on any atom is -0.497 e. The average Bonchev–Trinajstić information content (AvgIpc) is 2.99. The Kier molecular flexibility index (Phi) is 5.22. The lowest BCUT2D eigenvalue weighted by Gasteiger charge is -2.15. The lowest BCUT2D eigenvalue weighted by molar-refractivity contribution is 0.415. The van der Waals surface area contributed by atoms with Crippen molar-refractivity contribution in [2.75, 3.05) is 7.11 Å². The van der Waals surface area contributed by atoms with Crippen LogP contribution >= 0.6 is 11.6 Å². The Morgan fingerprint density at radius 1 is 1.23 bits per heavy atom. The summed E-state index contributed by atoms with van der Waals surface area (Å²) in [5.74, 6) is 1.38. The number of fused-ring (bicyclic) bond motifs is 1. The number of hydrogen-bond acceptors (Lipinski definition) is 4. The molecule has 26 heavy (non-hydrogen) atoms. The van der Waals surface area contributed by atoms with Gasteiger partial charge in [-0.25, -0.2) is 18.1 Å². The molecule has 0 saturated heterocycles. The molecule has 1 N–H and O–H groups in total. The number of hydrogen-bond donors (Lipinski definition) is 1. The lowest BCUT2D eigenvalue weighted by atomic mass is 10.3. The zero-order valence-electron chi connectivity index (χ0n) is 14.7. The van der Waals surface area contributed by atoms with Crippen molar-refractivity contribution in [3.63, 3.8) is 0 Å². The summed E-state index contributed by atoms with van der Waals surface area (Å²) >= 11 is 5.83. The van der Waals surface area contributed by atoms with Crippen LogP contribution in [0.1, 0.15) is 25.7 Å². The number of halogens is 1. The molecule has 0 bridgehead atoms. The van der Waals surface area contributed by atoms with Crippen LogP contribution in [0.2, 0.25) is 5.02 Å². The molecule has 3 rings (SSSR count). The quantitative estimate of drug-likeness (QED) is 0.692. The number of sulfonamides is 1. The maximum absolute atomic E-state index is 12.6. The van der Waals surface area contributed by atoms with Crippen molar-refractivity contribution >= 4 is 32.7 Å². The summed E-state index contributed by atoms with van der Waals surface area (Å²) in [7, 11) is -2.08. The zero-order valence-corrected chi connectivity index (χ0v) is 16.3. The van der Waals surface area contributed by atoms with Crippen LogP contribution in [0, 0.1) is 0 Å². The number of rotatable bonds is 6. The van der Waals surface area contributed by atoms with E-state index in [0.717, 1.165) is 16.8 Å². The van der Waals surface area contributed by atoms with Crippen molar-refractivity contribution in [1.82, 2.24) is 14.3 Å². The van der Waals surface area contributed by atoms with Gasteiger partial charge in [0.1, 0.15) is 11.6 Å². The standard InChI is InChI=1S/C18H20ClN3O3S/c1-4-22-17-11-14(25-3)7-10-16(17)20-18(22)12(2)21-26(23,24)15-8-5-13(19)6-9-15/h5-12,21H,4H2,1-3H3/t12-/m1/s1. The van der Waals surface area contributed by atoms with E-state index in [2.05, 4.69) is 9.71 Å². The molecule has 0 amide bonds. The molecule has 0 aliphatic rings. The molecule has 0 unspecified atom stereocenters. The average molecular weight is 394 g/mol. The van der Waals surface area contributed by atoms with Crippen molar-refractivity contribution in [2.45, 2.75) is 31.3 Å². The van der Waals surface area contributed by atoms with E-state index < -0.39 is 16.1 Å². The van der Waals surface area contributed by atoms with Gasteiger partial charge < -0.3 is 9.30 Å². The van der Waals surface area contributed by atoms with Gasteiger partial charge in [-0.05, 0) is 50.2 Å². The smallest absolute Gasteiger partial charge is 0.241 e. The highest BCUT2D eigenvalue weighted by Crippen LogP contribution is 2.26. The van der Waals surface area contributed by atoms with E-state index in [0.29, 0.717) is 17.4 Å². The molecule has 1 aromatic heterocycles. The first kappa shape index (κ1) is 18.7. The van der Waals surface area contributed by atoms with E-state index in [1.165, 1.54) is 12.1 Å². The van der Waals surface area contributed by atoms with Crippen molar-refractivity contribution in [2.24, 2.45) is 0 Å². The van der Waals surface area contributed by atoms with Gasteiger partial charge in [0.05, 0.1) is 29.1 Å². The largest absolute Gasteiger partial charge is 0.497 e. The first-order chi connectivity index (χ1) is 12.4. The summed E-state index contributed by atoms with van der Waals surface area (Å²) in [6.07, 6.45) is 0. The Hall–Kier alpha value is -2.09. The summed E-state index contributed by atoms with van der Waals surface area (Å²) in [6.45, 7) is 4.43. The van der Waals surface area contributed by atoms with Crippen molar-refractivity contribution < 1.29 is 13.2 Å². The third kappa shape index (κ3) is 3.56. The molecule has 6 nitrogen and oxygen atoms in total. The monoisotopic (exact) mass is 393 g/mol. The molecule has 1 atom stereocenters. The summed E-state index contributed by atoms with van der Waals surface area (Å²) < 4.78 is 35.2. The van der Waals surface area contributed by atoms with E-state index in [1.807, 2.05) is 29.7 Å². The van der Waals surface area contributed by atoms with Crippen LogP contribution in [0.4, 0.5) is 0 Å². The topological polar surface area (TPSA) is 73.2 Å². The molecule has 0 aliphatic carbocycles. The highest BCUT2D eigenvalue weighted by atomic mass is 35.5. The Morgan fingerprint density at radius 2 is 1.92 bits per heavy atom. The highest BCUT2D eigenvalue weighted by molar-refractivity contribution is 7.89. The first-order valence-electron chi connectivity index (χ1n) is 8.17. The Bertz CT molecular complexity index is 1030. The third-order valence-electron chi connectivity index (χ3n) is 4.14. The molecule has 0 saturated carbocycles. The Morgan fingerprint density at radius 3 is 2.54 bits per heavy atom. The fraction of sp³-hybridized carbons (Fsp3) is 0.278. The van der Waals surface area contributed by atoms with Crippen molar-refractivity contribution in [3.8, 4) is 5.75 Å². The second-order valence-corrected chi connectivity index (χ2v) is 8.02. The fourth-order valence-corrected chi connectivity index (χ4v) is 4.21. The van der Waals surface area contributed by atoms with Crippen LogP contribution in [0.3, 0.4) is 0 Å². The van der Waals surface area contributed by atoms with E-state index >= 15 is 0 Å². The molecule has 0 spiro atoms. The van der Waals surface area contributed by atoms with Gasteiger partial charge in [0.25, 0.3) is 0 Å². The molecule has 0 aliphatic heterocycles. The fourth-order valence-electron chi connectivity index (χ4n) is 2.88. The van der Waals surface area contributed by atoms with Crippen LogP contribution in [0.15, 0.2) is 47.4 Å². The normalized spacial score (nSPS) is 13.1. The number of methoxy groups -OCH3 is 1. The van der Waals surface area contributed by atoms with Crippen molar-refractivity contribution in [1.29, 1.82) is 0 Å². The van der Waals surface area contributed by atoms with Crippen LogP contribution in [0.5, 0.6) is 5.75 Å². The zero-order chi connectivity index (χ0) is 18.9. The highest BCUT2D eigenvalue weighted by Gasteiger charge is 2.22. The first-order valence-corrected chi connectivity index (χ1v) is 10.0. The SMILES string of the molecule is CCn1c([C@@H](C)NS(=O)(=O)c2ccc(Cl)cc2)nc2ccc(OC)cc21. The Balaban J connectivity index is 1.96.